The molecule has 0 aromatic heterocycles. The van der Waals surface area contributed by atoms with Crippen LogP contribution in [0, 0.1) is 0 Å². The van der Waals surface area contributed by atoms with Gasteiger partial charge >= 0.3 is 5.97 Å². The molecular weight excluding hydrogens is 214 g/mol. The summed E-state index contributed by atoms with van der Waals surface area (Å²) in [6, 6.07) is 8.09. The van der Waals surface area contributed by atoms with Crippen molar-refractivity contribution in [2.75, 3.05) is 6.61 Å². The molecule has 0 radical (unpaired) electrons. The number of carbonyl (C=O) groups excluding carboxylic acids is 1. The van der Waals surface area contributed by atoms with Gasteiger partial charge in [-0.3, -0.25) is 4.79 Å². The molecule has 0 spiro atoms. The van der Waals surface area contributed by atoms with Crippen LogP contribution in [0.4, 0.5) is 8.78 Å². The molecule has 1 aromatic carbocycles. The zero-order valence-corrected chi connectivity index (χ0v) is 8.87. The summed E-state index contributed by atoms with van der Waals surface area (Å²) in [5.74, 6) is -3.81. The highest BCUT2D eigenvalue weighted by molar-refractivity contribution is 5.89. The molecule has 1 saturated carbocycles. The molecule has 2 nitrogen and oxygen atoms in total. The van der Waals surface area contributed by atoms with Crippen LogP contribution < -0.4 is 0 Å². The predicted molar refractivity (Wildman–Crippen MR) is 54.3 cm³/mol. The highest BCUT2D eigenvalue weighted by Crippen LogP contribution is 2.62. The third-order valence-corrected chi connectivity index (χ3v) is 2.88. The van der Waals surface area contributed by atoms with E-state index in [4.69, 9.17) is 4.74 Å². The Kier molecular flexibility index (Phi) is 2.45. The van der Waals surface area contributed by atoms with Crippen molar-refractivity contribution in [1.29, 1.82) is 0 Å². The van der Waals surface area contributed by atoms with E-state index >= 15 is 0 Å². The zero-order chi connectivity index (χ0) is 11.8. The maximum Gasteiger partial charge on any atom is 0.322 e. The second-order valence-corrected chi connectivity index (χ2v) is 3.87. The topological polar surface area (TPSA) is 26.3 Å². The molecule has 2 rings (SSSR count). The van der Waals surface area contributed by atoms with Crippen LogP contribution >= 0.6 is 0 Å². The van der Waals surface area contributed by atoms with Gasteiger partial charge in [0.2, 0.25) is 0 Å². The summed E-state index contributed by atoms with van der Waals surface area (Å²) in [4.78, 5) is 11.6. The monoisotopic (exact) mass is 226 g/mol. The summed E-state index contributed by atoms with van der Waals surface area (Å²) >= 11 is 0. The molecule has 1 aliphatic rings. The molecule has 1 fully saturated rings. The molecule has 0 N–H and O–H groups in total. The molecule has 0 bridgehead atoms. The second-order valence-electron chi connectivity index (χ2n) is 3.87. The van der Waals surface area contributed by atoms with Crippen LogP contribution in [0.5, 0.6) is 0 Å². The van der Waals surface area contributed by atoms with Gasteiger partial charge in [-0.1, -0.05) is 30.3 Å². The van der Waals surface area contributed by atoms with Crippen LogP contribution in [-0.4, -0.2) is 18.5 Å². The standard InChI is InChI=1S/C12H12F2O2/c1-2-16-10(15)11(8-12(11,13)14)9-6-4-3-5-7-9/h3-7H,2,8H2,1H3. The fraction of sp³-hybridized carbons (Fsp3) is 0.417. The summed E-state index contributed by atoms with van der Waals surface area (Å²) in [5.41, 5.74) is -1.41. The summed E-state index contributed by atoms with van der Waals surface area (Å²) in [6.07, 6.45) is -0.456. The third-order valence-electron chi connectivity index (χ3n) is 2.88. The molecule has 1 aromatic rings. The number of carbonyl (C=O) groups is 1. The summed E-state index contributed by atoms with van der Waals surface area (Å²) < 4.78 is 31.6. The van der Waals surface area contributed by atoms with Crippen LogP contribution in [0.3, 0.4) is 0 Å². The molecule has 0 saturated heterocycles. The first kappa shape index (κ1) is 11.0. The first-order valence-electron chi connectivity index (χ1n) is 5.15. The minimum atomic E-state index is -2.99. The lowest BCUT2D eigenvalue weighted by Crippen LogP contribution is -2.29. The van der Waals surface area contributed by atoms with Gasteiger partial charge in [0.1, 0.15) is 0 Å². The lowest BCUT2D eigenvalue weighted by Gasteiger charge is -2.14. The van der Waals surface area contributed by atoms with Crippen LogP contribution in [0.25, 0.3) is 0 Å². The van der Waals surface area contributed by atoms with Crippen molar-refractivity contribution < 1.29 is 18.3 Å². The van der Waals surface area contributed by atoms with E-state index in [0.29, 0.717) is 5.56 Å². The maximum atomic E-state index is 13.4. The Morgan fingerprint density at radius 1 is 1.38 bits per heavy atom. The number of hydrogen-bond donors (Lipinski definition) is 0. The number of rotatable bonds is 3. The van der Waals surface area contributed by atoms with Gasteiger partial charge in [-0.2, -0.15) is 0 Å². The number of esters is 1. The number of halogens is 2. The molecule has 4 heteroatoms. The molecule has 1 unspecified atom stereocenters. The Hall–Kier alpha value is -1.45. The van der Waals surface area contributed by atoms with E-state index in [1.807, 2.05) is 0 Å². The Morgan fingerprint density at radius 2 is 1.94 bits per heavy atom. The average molecular weight is 226 g/mol. The van der Waals surface area contributed by atoms with Crippen LogP contribution in [0.1, 0.15) is 18.9 Å². The highest BCUT2D eigenvalue weighted by atomic mass is 19.3. The Morgan fingerprint density at radius 3 is 2.38 bits per heavy atom. The van der Waals surface area contributed by atoms with Crippen molar-refractivity contribution in [3.8, 4) is 0 Å². The van der Waals surface area contributed by atoms with Gasteiger partial charge in [0.05, 0.1) is 6.61 Å². The van der Waals surface area contributed by atoms with Crippen molar-refractivity contribution in [3.63, 3.8) is 0 Å². The largest absolute Gasteiger partial charge is 0.465 e. The molecule has 16 heavy (non-hydrogen) atoms. The van der Waals surface area contributed by atoms with Crippen molar-refractivity contribution in [1.82, 2.24) is 0 Å². The quantitative estimate of drug-likeness (QED) is 0.740. The zero-order valence-electron chi connectivity index (χ0n) is 8.87. The van der Waals surface area contributed by atoms with Gasteiger partial charge < -0.3 is 4.74 Å². The lowest BCUT2D eigenvalue weighted by molar-refractivity contribution is -0.149. The summed E-state index contributed by atoms with van der Waals surface area (Å²) in [5, 5.41) is 0. The summed E-state index contributed by atoms with van der Waals surface area (Å²) in [7, 11) is 0. The van der Waals surface area contributed by atoms with E-state index in [-0.39, 0.29) is 6.61 Å². The number of benzene rings is 1. The van der Waals surface area contributed by atoms with E-state index in [1.165, 1.54) is 12.1 Å². The normalized spacial score (nSPS) is 26.2. The van der Waals surface area contributed by atoms with E-state index in [1.54, 1.807) is 25.1 Å². The van der Waals surface area contributed by atoms with Crippen molar-refractivity contribution >= 4 is 5.97 Å². The van der Waals surface area contributed by atoms with Crippen molar-refractivity contribution in [2.24, 2.45) is 0 Å². The molecule has 1 atom stereocenters. The number of alkyl halides is 2. The third kappa shape index (κ3) is 1.40. The van der Waals surface area contributed by atoms with Gasteiger partial charge in [0.15, 0.2) is 5.41 Å². The minimum absolute atomic E-state index is 0.115. The van der Waals surface area contributed by atoms with Gasteiger partial charge in [-0.15, -0.1) is 0 Å². The van der Waals surface area contributed by atoms with Crippen molar-refractivity contribution in [3.05, 3.63) is 35.9 Å². The Balaban J connectivity index is 2.37. The fourth-order valence-electron chi connectivity index (χ4n) is 1.92. The van der Waals surface area contributed by atoms with Gasteiger partial charge in [-0.05, 0) is 12.5 Å². The molecule has 0 aliphatic heterocycles. The smallest absolute Gasteiger partial charge is 0.322 e. The number of hydrogen-bond acceptors (Lipinski definition) is 2. The van der Waals surface area contributed by atoms with Crippen LogP contribution in [0.2, 0.25) is 0 Å². The Bertz CT molecular complexity index is 403. The van der Waals surface area contributed by atoms with E-state index in [9.17, 15) is 13.6 Å². The average Bonchev–Trinajstić information content (AvgIpc) is 2.85. The van der Waals surface area contributed by atoms with Gasteiger partial charge in [0.25, 0.3) is 5.92 Å². The number of ether oxygens (including phenoxy) is 1. The van der Waals surface area contributed by atoms with E-state index in [0.717, 1.165) is 0 Å². The summed E-state index contributed by atoms with van der Waals surface area (Å²) in [6.45, 7) is 1.72. The molecule has 1 aliphatic carbocycles. The Labute approximate surface area is 92.2 Å². The second kappa shape index (κ2) is 3.54. The lowest BCUT2D eigenvalue weighted by atomic mass is 9.95. The van der Waals surface area contributed by atoms with Crippen LogP contribution in [0.15, 0.2) is 30.3 Å². The van der Waals surface area contributed by atoms with Crippen molar-refractivity contribution in [2.45, 2.75) is 24.7 Å². The molecule has 0 amide bonds. The highest BCUT2D eigenvalue weighted by Gasteiger charge is 2.77. The van der Waals surface area contributed by atoms with Crippen LogP contribution in [-0.2, 0) is 14.9 Å². The first-order chi connectivity index (χ1) is 7.54. The van der Waals surface area contributed by atoms with E-state index in [2.05, 4.69) is 0 Å². The first-order valence-corrected chi connectivity index (χ1v) is 5.15. The maximum absolute atomic E-state index is 13.4. The van der Waals surface area contributed by atoms with E-state index < -0.39 is 23.7 Å². The van der Waals surface area contributed by atoms with Gasteiger partial charge in [0, 0.05) is 6.42 Å². The minimum Gasteiger partial charge on any atom is -0.465 e. The predicted octanol–water partition coefficient (Wildman–Crippen LogP) is 2.53. The molecule has 0 heterocycles. The fourth-order valence-corrected chi connectivity index (χ4v) is 1.92. The van der Waals surface area contributed by atoms with Gasteiger partial charge in [-0.25, -0.2) is 8.78 Å². The SMILES string of the molecule is CCOC(=O)C1(c2ccccc2)CC1(F)F. The molecule has 86 valence electrons. The molecular formula is C12H12F2O2.